The van der Waals surface area contributed by atoms with Crippen LogP contribution >= 0.6 is 0 Å². The number of phenols is 1. The summed E-state index contributed by atoms with van der Waals surface area (Å²) in [5.74, 6) is -2.50. The summed E-state index contributed by atoms with van der Waals surface area (Å²) < 4.78 is 0. The largest absolute Gasteiger partial charge is 0.508 e. The molecule has 0 aliphatic carbocycles. The molecule has 0 heterocycles. The highest BCUT2D eigenvalue weighted by Crippen LogP contribution is 2.11. The average Bonchev–Trinajstić information content (AvgIpc) is 2.45. The van der Waals surface area contributed by atoms with E-state index in [1.165, 1.54) is 31.2 Å². The lowest BCUT2D eigenvalue weighted by molar-refractivity contribution is -0.142. The van der Waals surface area contributed by atoms with Crippen LogP contribution in [-0.2, 0) is 20.8 Å². The number of rotatable bonds is 7. The van der Waals surface area contributed by atoms with Gasteiger partial charge in [-0.25, -0.2) is 4.79 Å². The molecule has 0 aliphatic heterocycles. The molecule has 0 unspecified atom stereocenters. The molecule has 0 aliphatic rings. The molecule has 0 saturated carbocycles. The molecule has 2 amide bonds. The zero-order valence-corrected chi connectivity index (χ0v) is 11.9. The Morgan fingerprint density at radius 2 is 1.68 bits per heavy atom. The molecule has 22 heavy (non-hydrogen) atoms. The van der Waals surface area contributed by atoms with Crippen LogP contribution in [0.25, 0.3) is 0 Å². The van der Waals surface area contributed by atoms with Crippen LogP contribution in [0.4, 0.5) is 0 Å². The van der Waals surface area contributed by atoms with E-state index in [1.807, 2.05) is 0 Å². The van der Waals surface area contributed by atoms with Crippen LogP contribution in [0.1, 0.15) is 12.5 Å². The average molecular weight is 310 g/mol. The molecule has 8 heteroatoms. The Morgan fingerprint density at radius 1 is 1.09 bits per heavy atom. The Balaban J connectivity index is 2.74. The first-order valence-electron chi connectivity index (χ1n) is 6.52. The predicted molar refractivity (Wildman–Crippen MR) is 76.1 cm³/mol. The highest BCUT2D eigenvalue weighted by molar-refractivity contribution is 5.90. The topological polar surface area (TPSA) is 136 Å². The molecule has 0 spiro atoms. The Morgan fingerprint density at radius 3 is 2.14 bits per heavy atom. The van der Waals surface area contributed by atoms with Crippen LogP contribution in [0.15, 0.2) is 24.3 Å². The summed E-state index contributed by atoms with van der Waals surface area (Å²) in [7, 11) is 0. The third-order valence-corrected chi connectivity index (χ3v) is 2.87. The number of carbonyl (C=O) groups excluding carboxylic acids is 2. The summed E-state index contributed by atoms with van der Waals surface area (Å²) in [5, 5.41) is 31.9. The third-order valence-electron chi connectivity index (χ3n) is 2.87. The Labute approximate surface area is 126 Å². The summed E-state index contributed by atoms with van der Waals surface area (Å²) in [6.07, 6.45) is -0.000423. The number of carboxylic acid groups (broad SMARTS) is 1. The SMILES string of the molecule is CC(=O)N[C@@H](CO)C(=O)N[C@@H](Cc1ccc(O)cc1)C(=O)O. The van der Waals surface area contributed by atoms with Crippen LogP contribution in [0, 0.1) is 0 Å². The summed E-state index contributed by atoms with van der Waals surface area (Å²) >= 11 is 0. The van der Waals surface area contributed by atoms with E-state index in [0.29, 0.717) is 5.56 Å². The molecule has 120 valence electrons. The van der Waals surface area contributed by atoms with Crippen molar-refractivity contribution in [3.05, 3.63) is 29.8 Å². The fourth-order valence-corrected chi connectivity index (χ4v) is 1.78. The second-order valence-corrected chi connectivity index (χ2v) is 4.71. The lowest BCUT2D eigenvalue weighted by Crippen LogP contribution is -2.53. The zero-order valence-electron chi connectivity index (χ0n) is 11.9. The molecule has 1 aromatic carbocycles. The van der Waals surface area contributed by atoms with Gasteiger partial charge < -0.3 is 26.0 Å². The quantitative estimate of drug-likeness (QED) is 0.438. The normalized spacial score (nSPS) is 13.0. The van der Waals surface area contributed by atoms with Crippen molar-refractivity contribution >= 4 is 17.8 Å². The van der Waals surface area contributed by atoms with E-state index in [4.69, 9.17) is 10.2 Å². The van der Waals surface area contributed by atoms with E-state index in [0.717, 1.165) is 0 Å². The van der Waals surface area contributed by atoms with E-state index in [1.54, 1.807) is 0 Å². The van der Waals surface area contributed by atoms with Crippen molar-refractivity contribution in [3.8, 4) is 5.75 Å². The van der Waals surface area contributed by atoms with E-state index in [9.17, 15) is 19.5 Å². The highest BCUT2D eigenvalue weighted by atomic mass is 16.4. The zero-order chi connectivity index (χ0) is 16.7. The van der Waals surface area contributed by atoms with Gasteiger partial charge in [0.05, 0.1) is 6.61 Å². The number of aliphatic carboxylic acids is 1. The maximum Gasteiger partial charge on any atom is 0.326 e. The molecule has 1 rings (SSSR count). The van der Waals surface area contributed by atoms with Gasteiger partial charge in [-0.1, -0.05) is 12.1 Å². The number of aliphatic hydroxyl groups is 1. The first-order valence-corrected chi connectivity index (χ1v) is 6.52. The Kier molecular flexibility index (Phi) is 6.33. The fourth-order valence-electron chi connectivity index (χ4n) is 1.78. The minimum absolute atomic E-state index is 0.000423. The van der Waals surface area contributed by atoms with Gasteiger partial charge in [-0.3, -0.25) is 9.59 Å². The van der Waals surface area contributed by atoms with Crippen LogP contribution in [-0.4, -0.2) is 51.8 Å². The second kappa shape index (κ2) is 7.99. The molecule has 0 radical (unpaired) electrons. The molecule has 2 atom stereocenters. The number of hydrogen-bond donors (Lipinski definition) is 5. The molecule has 0 saturated heterocycles. The van der Waals surface area contributed by atoms with Crippen molar-refractivity contribution < 1.29 is 29.7 Å². The standard InChI is InChI=1S/C14H18N2O6/c1-8(18)15-12(7-17)13(20)16-11(14(21)22)6-9-2-4-10(19)5-3-9/h2-5,11-12,17,19H,6-7H2,1H3,(H,15,18)(H,16,20)(H,21,22)/t11-,12-/m0/s1. The van der Waals surface area contributed by atoms with Crippen LogP contribution in [0.2, 0.25) is 0 Å². The van der Waals surface area contributed by atoms with Crippen LogP contribution in [0.5, 0.6) is 5.75 Å². The summed E-state index contributed by atoms with van der Waals surface area (Å²) in [6.45, 7) is 0.540. The molecular weight excluding hydrogens is 292 g/mol. The molecule has 8 nitrogen and oxygen atoms in total. The molecule has 0 fully saturated rings. The number of hydrogen-bond acceptors (Lipinski definition) is 5. The number of amides is 2. The molecular formula is C14H18N2O6. The van der Waals surface area contributed by atoms with Gasteiger partial charge in [0.25, 0.3) is 0 Å². The van der Waals surface area contributed by atoms with Gasteiger partial charge in [-0.15, -0.1) is 0 Å². The first-order chi connectivity index (χ1) is 10.3. The number of nitrogens with one attached hydrogen (secondary N) is 2. The molecule has 5 N–H and O–H groups in total. The summed E-state index contributed by atoms with van der Waals surface area (Å²) in [5.41, 5.74) is 0.602. The van der Waals surface area contributed by atoms with E-state index in [2.05, 4.69) is 10.6 Å². The van der Waals surface area contributed by atoms with Crippen molar-refractivity contribution in [2.45, 2.75) is 25.4 Å². The number of aromatic hydroxyl groups is 1. The van der Waals surface area contributed by atoms with Gasteiger partial charge in [-0.05, 0) is 17.7 Å². The summed E-state index contributed by atoms with van der Waals surface area (Å²) in [4.78, 5) is 34.0. The lowest BCUT2D eigenvalue weighted by Gasteiger charge is -2.19. The Hall–Kier alpha value is -2.61. The number of carbonyl (C=O) groups is 3. The van der Waals surface area contributed by atoms with Gasteiger partial charge >= 0.3 is 5.97 Å². The highest BCUT2D eigenvalue weighted by Gasteiger charge is 2.25. The van der Waals surface area contributed by atoms with Crippen molar-refractivity contribution in [2.24, 2.45) is 0 Å². The van der Waals surface area contributed by atoms with Gasteiger partial charge in [0.1, 0.15) is 17.8 Å². The Bertz CT molecular complexity index is 543. The fraction of sp³-hybridized carbons (Fsp3) is 0.357. The van der Waals surface area contributed by atoms with Crippen molar-refractivity contribution in [3.63, 3.8) is 0 Å². The minimum Gasteiger partial charge on any atom is -0.508 e. The maximum absolute atomic E-state index is 11.9. The van der Waals surface area contributed by atoms with Crippen LogP contribution in [0.3, 0.4) is 0 Å². The van der Waals surface area contributed by atoms with E-state index < -0.39 is 36.5 Å². The van der Waals surface area contributed by atoms with E-state index >= 15 is 0 Å². The first kappa shape index (κ1) is 17.4. The van der Waals surface area contributed by atoms with Crippen molar-refractivity contribution in [1.29, 1.82) is 0 Å². The smallest absolute Gasteiger partial charge is 0.326 e. The van der Waals surface area contributed by atoms with Gasteiger partial charge in [0.15, 0.2) is 0 Å². The second-order valence-electron chi connectivity index (χ2n) is 4.71. The molecule has 0 bridgehead atoms. The number of carboxylic acids is 1. The number of phenolic OH excluding ortho intramolecular Hbond substituents is 1. The predicted octanol–water partition coefficient (Wildman–Crippen LogP) is -0.999. The van der Waals surface area contributed by atoms with Crippen LogP contribution < -0.4 is 10.6 Å². The third kappa shape index (κ3) is 5.41. The van der Waals surface area contributed by atoms with Gasteiger partial charge in [0, 0.05) is 13.3 Å². The maximum atomic E-state index is 11.9. The lowest BCUT2D eigenvalue weighted by atomic mass is 10.1. The minimum atomic E-state index is -1.25. The van der Waals surface area contributed by atoms with Crippen molar-refractivity contribution in [1.82, 2.24) is 10.6 Å². The number of benzene rings is 1. The van der Waals surface area contributed by atoms with Crippen molar-refractivity contribution in [2.75, 3.05) is 6.61 Å². The molecule has 0 aromatic heterocycles. The molecule has 1 aromatic rings. The number of aliphatic hydroxyl groups excluding tert-OH is 1. The summed E-state index contributed by atoms with van der Waals surface area (Å²) in [6, 6.07) is 3.45. The van der Waals surface area contributed by atoms with Gasteiger partial charge in [-0.2, -0.15) is 0 Å². The van der Waals surface area contributed by atoms with E-state index in [-0.39, 0.29) is 12.2 Å². The monoisotopic (exact) mass is 310 g/mol. The van der Waals surface area contributed by atoms with Gasteiger partial charge in [0.2, 0.25) is 11.8 Å².